The second kappa shape index (κ2) is 5.04. The van der Waals surface area contributed by atoms with Crippen molar-refractivity contribution in [1.82, 2.24) is 0 Å². The summed E-state index contributed by atoms with van der Waals surface area (Å²) in [6.07, 6.45) is -5.72. The predicted molar refractivity (Wildman–Crippen MR) is 36.3 cm³/mol. The molecule has 0 rings (SSSR count). The van der Waals surface area contributed by atoms with Crippen molar-refractivity contribution in [1.29, 1.82) is 0 Å². The van der Waals surface area contributed by atoms with Gasteiger partial charge in [0.1, 0.15) is 0 Å². The smallest absolute Gasteiger partial charge is 0.255 e. The maximum absolute atomic E-state index is 11.6. The normalized spacial score (nSPS) is 13.9. The third-order valence-corrected chi connectivity index (χ3v) is 1.52. The molecule has 0 radical (unpaired) electrons. The van der Waals surface area contributed by atoms with Gasteiger partial charge in [-0.15, -0.1) is 0 Å². The molecule has 0 saturated carbocycles. The van der Waals surface area contributed by atoms with Gasteiger partial charge in [0.25, 0.3) is 0 Å². The van der Waals surface area contributed by atoms with E-state index in [2.05, 4.69) is 4.94 Å². The van der Waals surface area contributed by atoms with Crippen LogP contribution in [0.15, 0.2) is 0 Å². The number of rotatable bonds is 4. The molecule has 13 heavy (non-hydrogen) atoms. The van der Waals surface area contributed by atoms with Gasteiger partial charge in [0.2, 0.25) is 0 Å². The van der Waals surface area contributed by atoms with E-state index in [1.54, 1.807) is 0 Å². The molecular formula is C7H10F4O2. The molecule has 0 aliphatic rings. The SMILES string of the molecule is CC(CCC(F)(F)F)CC(=O)OF. The van der Waals surface area contributed by atoms with E-state index < -0.39 is 24.5 Å². The summed E-state index contributed by atoms with van der Waals surface area (Å²) >= 11 is 0. The molecule has 0 saturated heterocycles. The summed E-state index contributed by atoms with van der Waals surface area (Å²) in [4.78, 5) is 13.1. The molecule has 2 nitrogen and oxygen atoms in total. The van der Waals surface area contributed by atoms with Gasteiger partial charge in [-0.2, -0.15) is 13.2 Å². The third-order valence-electron chi connectivity index (χ3n) is 1.52. The fourth-order valence-electron chi connectivity index (χ4n) is 0.828. The zero-order valence-corrected chi connectivity index (χ0v) is 7.03. The Kier molecular flexibility index (Phi) is 4.72. The van der Waals surface area contributed by atoms with E-state index in [1.807, 2.05) is 0 Å². The first-order valence-corrected chi connectivity index (χ1v) is 3.73. The van der Waals surface area contributed by atoms with Crippen LogP contribution in [0.25, 0.3) is 0 Å². The average molecular weight is 202 g/mol. The molecule has 0 amide bonds. The van der Waals surface area contributed by atoms with Crippen molar-refractivity contribution in [2.45, 2.75) is 32.4 Å². The molecule has 6 heteroatoms. The Morgan fingerprint density at radius 2 is 2.00 bits per heavy atom. The summed E-state index contributed by atoms with van der Waals surface area (Å²) < 4.78 is 46.1. The molecule has 0 aromatic heterocycles. The van der Waals surface area contributed by atoms with E-state index in [1.165, 1.54) is 6.92 Å². The first-order valence-electron chi connectivity index (χ1n) is 3.73. The van der Waals surface area contributed by atoms with Gasteiger partial charge < -0.3 is 0 Å². The topological polar surface area (TPSA) is 26.3 Å². The highest BCUT2D eigenvalue weighted by atomic mass is 19.4. The molecule has 78 valence electrons. The van der Waals surface area contributed by atoms with Crippen molar-refractivity contribution in [3.63, 3.8) is 0 Å². The molecule has 0 aromatic rings. The van der Waals surface area contributed by atoms with E-state index in [0.29, 0.717) is 0 Å². The van der Waals surface area contributed by atoms with Gasteiger partial charge in [0.15, 0.2) is 0 Å². The van der Waals surface area contributed by atoms with Crippen molar-refractivity contribution in [3.8, 4) is 0 Å². The van der Waals surface area contributed by atoms with Crippen LogP contribution in [0.1, 0.15) is 26.2 Å². The summed E-state index contributed by atoms with van der Waals surface area (Å²) in [7, 11) is 0. The lowest BCUT2D eigenvalue weighted by atomic mass is 10.0. The van der Waals surface area contributed by atoms with E-state index in [9.17, 15) is 22.5 Å². The number of hydrogen-bond acceptors (Lipinski definition) is 2. The summed E-state index contributed by atoms with van der Waals surface area (Å²) in [6.45, 7) is 1.43. The van der Waals surface area contributed by atoms with Crippen molar-refractivity contribution in [3.05, 3.63) is 0 Å². The van der Waals surface area contributed by atoms with Crippen LogP contribution in [-0.4, -0.2) is 12.1 Å². The Hall–Kier alpha value is -0.810. The first kappa shape index (κ1) is 12.2. The van der Waals surface area contributed by atoms with E-state index >= 15 is 0 Å². The second-order valence-corrected chi connectivity index (χ2v) is 2.91. The molecule has 0 fully saturated rings. The summed E-state index contributed by atoms with van der Waals surface area (Å²) in [5.74, 6) is -1.65. The Labute approximate surface area is 72.8 Å². The van der Waals surface area contributed by atoms with E-state index in [4.69, 9.17) is 0 Å². The number of hydrogen-bond donors (Lipinski definition) is 0. The maximum atomic E-state index is 11.6. The van der Waals surface area contributed by atoms with Gasteiger partial charge in [0, 0.05) is 10.9 Å². The highest BCUT2D eigenvalue weighted by molar-refractivity contribution is 5.68. The summed E-state index contributed by atoms with van der Waals surface area (Å²) in [5.41, 5.74) is 0. The molecule has 1 unspecified atom stereocenters. The number of carbonyl (C=O) groups excluding carboxylic acids is 1. The predicted octanol–water partition coefficient (Wildman–Crippen LogP) is 2.78. The lowest BCUT2D eigenvalue weighted by molar-refractivity contribution is -0.185. The fraction of sp³-hybridized carbons (Fsp3) is 0.857. The molecule has 0 bridgehead atoms. The van der Waals surface area contributed by atoms with Gasteiger partial charge in [0.05, 0.1) is 6.42 Å². The second-order valence-electron chi connectivity index (χ2n) is 2.91. The lowest BCUT2D eigenvalue weighted by Crippen LogP contribution is -2.12. The van der Waals surface area contributed by atoms with Crippen LogP contribution < -0.4 is 0 Å². The molecule has 1 atom stereocenters. The molecule has 0 heterocycles. The highest BCUT2D eigenvalue weighted by Crippen LogP contribution is 2.25. The Bertz CT molecular complexity index is 166. The molecule has 0 spiro atoms. The highest BCUT2D eigenvalue weighted by Gasteiger charge is 2.27. The largest absolute Gasteiger partial charge is 0.389 e. The zero-order valence-electron chi connectivity index (χ0n) is 7.03. The van der Waals surface area contributed by atoms with Gasteiger partial charge in [-0.25, -0.2) is 4.79 Å². The molecule has 0 N–H and O–H groups in total. The number of carbonyl (C=O) groups is 1. The molecular weight excluding hydrogens is 192 g/mol. The van der Waals surface area contributed by atoms with Crippen LogP contribution in [0.5, 0.6) is 0 Å². The monoisotopic (exact) mass is 202 g/mol. The minimum absolute atomic E-state index is 0.196. The minimum Gasteiger partial charge on any atom is -0.255 e. The van der Waals surface area contributed by atoms with Crippen LogP contribution >= 0.6 is 0 Å². The van der Waals surface area contributed by atoms with Crippen molar-refractivity contribution in [2.75, 3.05) is 0 Å². The van der Waals surface area contributed by atoms with Crippen LogP contribution in [0.3, 0.4) is 0 Å². The molecule has 0 aliphatic carbocycles. The van der Waals surface area contributed by atoms with Gasteiger partial charge in [-0.3, -0.25) is 4.94 Å². The van der Waals surface area contributed by atoms with Crippen LogP contribution in [-0.2, 0) is 9.74 Å². The average Bonchev–Trinajstić information content (AvgIpc) is 1.99. The first-order chi connectivity index (χ1) is 5.85. The Balaban J connectivity index is 3.63. The van der Waals surface area contributed by atoms with E-state index in [0.717, 1.165) is 0 Å². The Morgan fingerprint density at radius 1 is 1.46 bits per heavy atom. The number of alkyl halides is 3. The zero-order chi connectivity index (χ0) is 10.5. The molecule has 0 aliphatic heterocycles. The van der Waals surface area contributed by atoms with Crippen LogP contribution in [0, 0.1) is 5.92 Å². The Morgan fingerprint density at radius 3 is 2.38 bits per heavy atom. The standard InChI is InChI=1S/C7H10F4O2/c1-5(4-6(12)13-11)2-3-7(8,9)10/h5H,2-4H2,1H3. The van der Waals surface area contributed by atoms with Crippen LogP contribution in [0.2, 0.25) is 0 Å². The fourth-order valence-corrected chi connectivity index (χ4v) is 0.828. The van der Waals surface area contributed by atoms with Crippen molar-refractivity contribution >= 4 is 5.97 Å². The van der Waals surface area contributed by atoms with Gasteiger partial charge in [-0.1, -0.05) is 6.92 Å². The third kappa shape index (κ3) is 7.55. The molecule has 0 aromatic carbocycles. The summed E-state index contributed by atoms with van der Waals surface area (Å²) in [5, 5.41) is 0. The maximum Gasteiger partial charge on any atom is 0.389 e. The van der Waals surface area contributed by atoms with Gasteiger partial charge in [-0.05, 0) is 12.3 Å². The summed E-state index contributed by atoms with van der Waals surface area (Å²) in [6, 6.07) is 0. The van der Waals surface area contributed by atoms with Crippen LogP contribution in [0.4, 0.5) is 17.7 Å². The van der Waals surface area contributed by atoms with Gasteiger partial charge >= 0.3 is 12.1 Å². The van der Waals surface area contributed by atoms with Crippen molar-refractivity contribution in [2.24, 2.45) is 5.92 Å². The van der Waals surface area contributed by atoms with E-state index in [-0.39, 0.29) is 12.8 Å². The lowest BCUT2D eigenvalue weighted by Gasteiger charge is -2.10. The quantitative estimate of drug-likeness (QED) is 0.655. The minimum atomic E-state index is -4.23. The number of halogens is 4. The van der Waals surface area contributed by atoms with Crippen molar-refractivity contribution < 1.29 is 27.4 Å².